The summed E-state index contributed by atoms with van der Waals surface area (Å²) in [7, 11) is 2.13. The van der Waals surface area contributed by atoms with Gasteiger partial charge < -0.3 is 9.91 Å². The second kappa shape index (κ2) is 5.84. The average molecular weight is 348 g/mol. The number of fused-ring (bicyclic) bond motifs is 1. The van der Waals surface area contributed by atoms with Gasteiger partial charge >= 0.3 is 0 Å². The Bertz CT molecular complexity index is 660. The third-order valence-corrected chi connectivity index (χ3v) is 4.73. The summed E-state index contributed by atoms with van der Waals surface area (Å²) in [4.78, 5) is 6.95. The molecular weight excluding hydrogens is 331 g/mol. The van der Waals surface area contributed by atoms with Gasteiger partial charge in [0.15, 0.2) is 0 Å². The van der Waals surface area contributed by atoms with E-state index in [1.807, 2.05) is 13.0 Å². The lowest BCUT2D eigenvalue weighted by Crippen LogP contribution is -2.50. The van der Waals surface area contributed by atoms with Crippen LogP contribution in [0, 0.1) is 0 Å². The summed E-state index contributed by atoms with van der Waals surface area (Å²) in [6.07, 6.45) is 0. The van der Waals surface area contributed by atoms with Crippen LogP contribution in [0.5, 0.6) is 0 Å². The van der Waals surface area contributed by atoms with E-state index in [0.29, 0.717) is 10.0 Å². The maximum Gasteiger partial charge on any atom is 0.146 e. The molecule has 21 heavy (non-hydrogen) atoms. The second-order valence-electron chi connectivity index (χ2n) is 5.41. The SMILES string of the molecule is CC(Cl)c1nc2cc(Cl)c(Cl)cc2n1N1CCN(C)CC1. The highest BCUT2D eigenvalue weighted by atomic mass is 35.5. The molecule has 1 atom stereocenters. The Hall–Kier alpha value is -0.680. The number of alkyl halides is 1. The quantitative estimate of drug-likeness (QED) is 0.777. The van der Waals surface area contributed by atoms with Gasteiger partial charge in [-0.2, -0.15) is 0 Å². The van der Waals surface area contributed by atoms with Crippen LogP contribution in [0.2, 0.25) is 10.0 Å². The summed E-state index contributed by atoms with van der Waals surface area (Å²) >= 11 is 18.6. The van der Waals surface area contributed by atoms with Gasteiger partial charge in [-0.25, -0.2) is 9.66 Å². The van der Waals surface area contributed by atoms with Gasteiger partial charge in [0, 0.05) is 26.2 Å². The van der Waals surface area contributed by atoms with Crippen molar-refractivity contribution >= 4 is 45.8 Å². The minimum atomic E-state index is -0.186. The lowest BCUT2D eigenvalue weighted by molar-refractivity contribution is 0.287. The van der Waals surface area contributed by atoms with Gasteiger partial charge in [-0.1, -0.05) is 23.2 Å². The second-order valence-corrected chi connectivity index (χ2v) is 6.88. The molecule has 2 heterocycles. The van der Waals surface area contributed by atoms with Gasteiger partial charge in [-0.15, -0.1) is 11.6 Å². The zero-order chi connectivity index (χ0) is 15.1. The lowest BCUT2D eigenvalue weighted by atomic mass is 10.3. The molecule has 2 aromatic rings. The molecule has 1 aromatic heterocycles. The molecule has 0 aliphatic carbocycles. The van der Waals surface area contributed by atoms with Crippen molar-refractivity contribution in [3.63, 3.8) is 0 Å². The number of likely N-dealkylation sites (N-methyl/N-ethyl adjacent to an activating group) is 1. The first-order valence-electron chi connectivity index (χ1n) is 6.92. The number of imidazole rings is 1. The monoisotopic (exact) mass is 346 g/mol. The van der Waals surface area contributed by atoms with Gasteiger partial charge in [0.1, 0.15) is 5.82 Å². The first kappa shape index (κ1) is 15.2. The van der Waals surface area contributed by atoms with Crippen LogP contribution < -0.4 is 5.01 Å². The Kier molecular flexibility index (Phi) is 4.23. The van der Waals surface area contributed by atoms with E-state index in [2.05, 4.69) is 26.6 Å². The van der Waals surface area contributed by atoms with Crippen molar-refractivity contribution in [2.75, 3.05) is 38.2 Å². The highest BCUT2D eigenvalue weighted by Gasteiger charge is 2.23. The number of halogens is 3. The molecule has 0 amide bonds. The molecule has 3 rings (SSSR count). The molecule has 1 fully saturated rings. The van der Waals surface area contributed by atoms with Gasteiger partial charge in [-0.3, -0.25) is 0 Å². The summed E-state index contributed by atoms with van der Waals surface area (Å²) in [5.74, 6) is 0.828. The molecule has 0 saturated carbocycles. The third-order valence-electron chi connectivity index (χ3n) is 3.82. The normalized spacial score (nSPS) is 18.4. The number of piperazine rings is 1. The van der Waals surface area contributed by atoms with E-state index < -0.39 is 0 Å². The molecule has 0 bridgehead atoms. The zero-order valence-electron chi connectivity index (χ0n) is 12.0. The highest BCUT2D eigenvalue weighted by Crippen LogP contribution is 2.31. The summed E-state index contributed by atoms with van der Waals surface area (Å²) < 4.78 is 2.10. The first-order chi connectivity index (χ1) is 9.97. The smallest absolute Gasteiger partial charge is 0.146 e. The van der Waals surface area contributed by atoms with E-state index in [0.717, 1.165) is 43.0 Å². The molecule has 1 aliphatic heterocycles. The Morgan fingerprint density at radius 2 is 1.71 bits per heavy atom. The number of rotatable bonds is 2. The number of benzene rings is 1. The van der Waals surface area contributed by atoms with Gasteiger partial charge in [-0.05, 0) is 26.1 Å². The van der Waals surface area contributed by atoms with Gasteiger partial charge in [0.2, 0.25) is 0 Å². The number of hydrogen-bond donors (Lipinski definition) is 0. The maximum atomic E-state index is 6.32. The molecule has 1 aliphatic rings. The highest BCUT2D eigenvalue weighted by molar-refractivity contribution is 6.42. The minimum absolute atomic E-state index is 0.186. The maximum absolute atomic E-state index is 6.32. The van der Waals surface area contributed by atoms with Crippen molar-refractivity contribution in [1.82, 2.24) is 14.6 Å². The fourth-order valence-electron chi connectivity index (χ4n) is 2.63. The van der Waals surface area contributed by atoms with Crippen molar-refractivity contribution < 1.29 is 0 Å². The molecule has 0 N–H and O–H groups in total. The Labute approximate surface area is 139 Å². The van der Waals surface area contributed by atoms with Crippen molar-refractivity contribution in [1.29, 1.82) is 0 Å². The number of nitrogens with zero attached hydrogens (tertiary/aromatic N) is 4. The largest absolute Gasteiger partial charge is 0.308 e. The van der Waals surface area contributed by atoms with Crippen molar-refractivity contribution in [2.24, 2.45) is 0 Å². The molecular formula is C14H17Cl3N4. The van der Waals surface area contributed by atoms with Crippen LogP contribution in [0.4, 0.5) is 0 Å². The Morgan fingerprint density at radius 3 is 2.33 bits per heavy atom. The first-order valence-corrected chi connectivity index (χ1v) is 8.12. The van der Waals surface area contributed by atoms with E-state index in [-0.39, 0.29) is 5.38 Å². The molecule has 4 nitrogen and oxygen atoms in total. The van der Waals surface area contributed by atoms with Crippen LogP contribution >= 0.6 is 34.8 Å². The number of hydrogen-bond acceptors (Lipinski definition) is 3. The van der Waals surface area contributed by atoms with Crippen LogP contribution in [-0.2, 0) is 0 Å². The fourth-order valence-corrected chi connectivity index (χ4v) is 3.09. The Morgan fingerprint density at radius 1 is 1.10 bits per heavy atom. The zero-order valence-corrected chi connectivity index (χ0v) is 14.3. The summed E-state index contributed by atoms with van der Waals surface area (Å²) in [6, 6.07) is 3.67. The van der Waals surface area contributed by atoms with E-state index in [9.17, 15) is 0 Å². The summed E-state index contributed by atoms with van der Waals surface area (Å²) in [5, 5.41) is 3.14. The summed E-state index contributed by atoms with van der Waals surface area (Å²) in [6.45, 7) is 5.81. The molecule has 1 unspecified atom stereocenters. The van der Waals surface area contributed by atoms with E-state index in [1.165, 1.54) is 0 Å². The Balaban J connectivity index is 2.14. The third kappa shape index (κ3) is 2.82. The average Bonchev–Trinajstić information content (AvgIpc) is 2.79. The van der Waals surface area contributed by atoms with Gasteiger partial charge in [0.25, 0.3) is 0 Å². The van der Waals surface area contributed by atoms with Crippen LogP contribution in [0.15, 0.2) is 12.1 Å². The van der Waals surface area contributed by atoms with Crippen LogP contribution in [0.3, 0.4) is 0 Å². The standard InChI is InChI=1S/C14H17Cl3N4/c1-9(15)14-18-12-7-10(16)11(17)8-13(12)21(14)20-5-3-19(2)4-6-20/h7-9H,3-6H2,1-2H3. The molecule has 114 valence electrons. The van der Waals surface area contributed by atoms with Crippen LogP contribution in [0.1, 0.15) is 18.1 Å². The van der Waals surface area contributed by atoms with Crippen LogP contribution in [0.25, 0.3) is 11.0 Å². The molecule has 0 spiro atoms. The fraction of sp³-hybridized carbons (Fsp3) is 0.500. The summed E-state index contributed by atoms with van der Waals surface area (Å²) in [5.41, 5.74) is 1.78. The van der Waals surface area contributed by atoms with E-state index in [4.69, 9.17) is 34.8 Å². The van der Waals surface area contributed by atoms with E-state index in [1.54, 1.807) is 6.07 Å². The number of aromatic nitrogens is 2. The van der Waals surface area contributed by atoms with E-state index >= 15 is 0 Å². The van der Waals surface area contributed by atoms with Crippen molar-refractivity contribution in [3.05, 3.63) is 28.0 Å². The van der Waals surface area contributed by atoms with Gasteiger partial charge in [0.05, 0.1) is 26.5 Å². The van der Waals surface area contributed by atoms with Crippen LogP contribution in [-0.4, -0.2) is 47.8 Å². The lowest BCUT2D eigenvalue weighted by Gasteiger charge is -2.36. The molecule has 7 heteroatoms. The predicted octanol–water partition coefficient (Wildman–Crippen LogP) is 3.53. The topological polar surface area (TPSA) is 24.3 Å². The molecule has 1 aromatic carbocycles. The van der Waals surface area contributed by atoms with Crippen molar-refractivity contribution in [3.8, 4) is 0 Å². The minimum Gasteiger partial charge on any atom is -0.308 e. The molecule has 1 saturated heterocycles. The van der Waals surface area contributed by atoms with Crippen molar-refractivity contribution in [2.45, 2.75) is 12.3 Å². The predicted molar refractivity (Wildman–Crippen MR) is 89.5 cm³/mol. The molecule has 0 radical (unpaired) electrons.